The van der Waals surface area contributed by atoms with E-state index >= 15 is 0 Å². The molecule has 1 aliphatic rings. The van der Waals surface area contributed by atoms with E-state index in [1.54, 1.807) is 21.3 Å². The van der Waals surface area contributed by atoms with Crippen LogP contribution in [0.2, 0.25) is 0 Å². The number of nitrogens with one attached hydrogen (secondary N) is 1. The van der Waals surface area contributed by atoms with Gasteiger partial charge in [0.2, 0.25) is 0 Å². The Morgan fingerprint density at radius 3 is 2.19 bits per heavy atom. The first kappa shape index (κ1) is 23.9. The molecule has 0 aliphatic heterocycles. The molecule has 0 amide bonds. The van der Waals surface area contributed by atoms with Crippen molar-refractivity contribution >= 4 is 17.0 Å². The summed E-state index contributed by atoms with van der Waals surface area (Å²) in [6, 6.07) is 9.88. The minimum Gasteiger partial charge on any atom is -0.496 e. The Hall–Kier alpha value is -3.81. The largest absolute Gasteiger partial charge is 0.496 e. The molecule has 1 N–H and O–H groups in total. The lowest BCUT2D eigenvalue weighted by atomic mass is 10.1. The maximum atomic E-state index is 5.56. The van der Waals surface area contributed by atoms with Gasteiger partial charge in [-0.05, 0) is 75.1 Å². The molecule has 188 valence electrons. The number of hydrogen-bond donors (Lipinski definition) is 1. The quantitative estimate of drug-likeness (QED) is 0.335. The normalized spacial score (nSPS) is 13.8. The molecule has 2 aromatic heterocycles. The zero-order valence-corrected chi connectivity index (χ0v) is 21.8. The van der Waals surface area contributed by atoms with E-state index in [2.05, 4.69) is 17.4 Å². The summed E-state index contributed by atoms with van der Waals surface area (Å²) >= 11 is 0. The van der Waals surface area contributed by atoms with Crippen molar-refractivity contribution in [3.8, 4) is 28.6 Å². The maximum Gasteiger partial charge on any atom is 0.182 e. The number of fused-ring (bicyclic) bond motifs is 1. The van der Waals surface area contributed by atoms with Gasteiger partial charge in [0, 0.05) is 17.2 Å². The van der Waals surface area contributed by atoms with E-state index in [4.69, 9.17) is 29.3 Å². The molecule has 0 radical (unpaired) electrons. The van der Waals surface area contributed by atoms with Crippen molar-refractivity contribution in [2.24, 2.45) is 0 Å². The molecule has 0 spiro atoms. The van der Waals surface area contributed by atoms with Crippen LogP contribution < -0.4 is 19.5 Å². The second-order valence-electron chi connectivity index (χ2n) is 9.42. The standard InChI is InChI=1S/C28H33N5O3/c1-16-13-21(14-17(2)25(16)36-6)30-27-24-18(3)29-28(19-9-7-8-10-19)33(24)32-26(31-27)20-11-12-22(34-4)23(15-20)35-5/h11-15,19H,7-10H2,1-6H3,(H,30,31,32). The summed E-state index contributed by atoms with van der Waals surface area (Å²) in [5, 5.41) is 8.56. The third kappa shape index (κ3) is 4.21. The van der Waals surface area contributed by atoms with Gasteiger partial charge in [0.05, 0.1) is 27.0 Å². The Kier molecular flexibility index (Phi) is 6.43. The molecule has 8 heteroatoms. The van der Waals surface area contributed by atoms with Crippen LogP contribution >= 0.6 is 0 Å². The van der Waals surface area contributed by atoms with E-state index in [1.807, 2.05) is 43.5 Å². The van der Waals surface area contributed by atoms with Gasteiger partial charge in [-0.25, -0.2) is 14.5 Å². The molecule has 0 saturated heterocycles. The predicted molar refractivity (Wildman–Crippen MR) is 141 cm³/mol. The monoisotopic (exact) mass is 487 g/mol. The molecular weight excluding hydrogens is 454 g/mol. The van der Waals surface area contributed by atoms with Gasteiger partial charge >= 0.3 is 0 Å². The molecule has 0 atom stereocenters. The number of aromatic nitrogens is 4. The van der Waals surface area contributed by atoms with Crippen molar-refractivity contribution in [1.29, 1.82) is 0 Å². The zero-order chi connectivity index (χ0) is 25.4. The Morgan fingerprint density at radius 1 is 0.861 bits per heavy atom. The van der Waals surface area contributed by atoms with Crippen LogP contribution in [0.3, 0.4) is 0 Å². The van der Waals surface area contributed by atoms with Crippen LogP contribution in [0.15, 0.2) is 30.3 Å². The predicted octanol–water partition coefficient (Wildman–Crippen LogP) is 6.14. The van der Waals surface area contributed by atoms with Gasteiger partial charge in [-0.1, -0.05) is 12.8 Å². The van der Waals surface area contributed by atoms with Gasteiger partial charge in [0.15, 0.2) is 23.1 Å². The molecule has 0 unspecified atom stereocenters. The fourth-order valence-electron chi connectivity index (χ4n) is 5.30. The molecule has 4 aromatic rings. The van der Waals surface area contributed by atoms with Crippen LogP contribution in [-0.4, -0.2) is 40.9 Å². The van der Waals surface area contributed by atoms with Crippen molar-refractivity contribution in [2.45, 2.75) is 52.4 Å². The zero-order valence-electron chi connectivity index (χ0n) is 21.8. The summed E-state index contributed by atoms with van der Waals surface area (Å²) in [6.45, 7) is 6.12. The molecule has 8 nitrogen and oxygen atoms in total. The van der Waals surface area contributed by atoms with Crippen LogP contribution in [0.4, 0.5) is 11.5 Å². The fraction of sp³-hybridized carbons (Fsp3) is 0.393. The number of ether oxygens (including phenoxy) is 3. The van der Waals surface area contributed by atoms with E-state index in [1.165, 1.54) is 12.8 Å². The highest BCUT2D eigenvalue weighted by Crippen LogP contribution is 2.37. The highest BCUT2D eigenvalue weighted by Gasteiger charge is 2.26. The van der Waals surface area contributed by atoms with Crippen LogP contribution in [-0.2, 0) is 0 Å². The van der Waals surface area contributed by atoms with Crippen molar-refractivity contribution in [3.63, 3.8) is 0 Å². The summed E-state index contributed by atoms with van der Waals surface area (Å²) in [5.41, 5.74) is 5.70. The smallest absolute Gasteiger partial charge is 0.182 e. The van der Waals surface area contributed by atoms with Crippen molar-refractivity contribution in [2.75, 3.05) is 26.6 Å². The molecule has 5 rings (SSSR count). The lowest BCUT2D eigenvalue weighted by Crippen LogP contribution is -2.08. The summed E-state index contributed by atoms with van der Waals surface area (Å²) in [7, 11) is 4.96. The Morgan fingerprint density at radius 2 is 1.56 bits per heavy atom. The van der Waals surface area contributed by atoms with Gasteiger partial charge in [-0.15, -0.1) is 5.10 Å². The molecule has 2 heterocycles. The van der Waals surface area contributed by atoms with Crippen LogP contribution in [0.25, 0.3) is 16.9 Å². The van der Waals surface area contributed by atoms with Gasteiger partial charge in [0.25, 0.3) is 0 Å². The number of aryl methyl sites for hydroxylation is 3. The average molecular weight is 488 g/mol. The number of benzene rings is 2. The molecule has 1 saturated carbocycles. The molecular formula is C28H33N5O3. The van der Waals surface area contributed by atoms with Gasteiger partial charge in [-0.2, -0.15) is 0 Å². The Bertz CT molecular complexity index is 1400. The molecule has 1 fully saturated rings. The van der Waals surface area contributed by atoms with Crippen LogP contribution in [0.5, 0.6) is 17.2 Å². The lowest BCUT2D eigenvalue weighted by molar-refractivity contribution is 0.355. The minimum absolute atomic E-state index is 0.401. The molecule has 2 aromatic carbocycles. The van der Waals surface area contributed by atoms with E-state index in [9.17, 15) is 0 Å². The number of imidazole rings is 1. The first-order chi connectivity index (χ1) is 17.4. The van der Waals surface area contributed by atoms with Crippen LogP contribution in [0, 0.1) is 20.8 Å². The SMILES string of the molecule is COc1ccc(-c2nc(Nc3cc(C)c(OC)c(C)c3)c3c(C)nc(C4CCCC4)n3n2)cc1OC. The number of rotatable bonds is 7. The van der Waals surface area contributed by atoms with Crippen molar-refractivity contribution < 1.29 is 14.2 Å². The lowest BCUT2D eigenvalue weighted by Gasteiger charge is -2.15. The van der Waals surface area contributed by atoms with Crippen molar-refractivity contribution in [1.82, 2.24) is 19.6 Å². The van der Waals surface area contributed by atoms with E-state index in [0.717, 1.165) is 58.0 Å². The second-order valence-corrected chi connectivity index (χ2v) is 9.42. The number of nitrogens with zero attached hydrogens (tertiary/aromatic N) is 4. The topological polar surface area (TPSA) is 82.8 Å². The summed E-state index contributed by atoms with van der Waals surface area (Å²) < 4.78 is 18.5. The first-order valence-corrected chi connectivity index (χ1v) is 12.4. The average Bonchev–Trinajstić information content (AvgIpc) is 3.51. The first-order valence-electron chi connectivity index (χ1n) is 12.4. The van der Waals surface area contributed by atoms with Crippen LogP contribution in [0.1, 0.15) is 54.2 Å². The molecule has 0 bridgehead atoms. The molecule has 36 heavy (non-hydrogen) atoms. The number of methoxy groups -OCH3 is 3. The number of anilines is 2. The minimum atomic E-state index is 0.401. The molecule has 1 aliphatic carbocycles. The van der Waals surface area contributed by atoms with Gasteiger partial charge in [-0.3, -0.25) is 0 Å². The van der Waals surface area contributed by atoms with Crippen molar-refractivity contribution in [3.05, 3.63) is 53.0 Å². The Labute approximate surface area is 211 Å². The number of hydrogen-bond acceptors (Lipinski definition) is 7. The Balaban J connectivity index is 1.69. The highest BCUT2D eigenvalue weighted by molar-refractivity contribution is 5.78. The van der Waals surface area contributed by atoms with Gasteiger partial charge in [0.1, 0.15) is 17.1 Å². The maximum absolute atomic E-state index is 5.56. The summed E-state index contributed by atoms with van der Waals surface area (Å²) in [5.74, 6) is 4.90. The third-order valence-electron chi connectivity index (χ3n) is 6.98. The van der Waals surface area contributed by atoms with E-state index < -0.39 is 0 Å². The summed E-state index contributed by atoms with van der Waals surface area (Å²) in [4.78, 5) is 9.98. The van der Waals surface area contributed by atoms with Gasteiger partial charge < -0.3 is 19.5 Å². The fourth-order valence-corrected chi connectivity index (χ4v) is 5.30. The van der Waals surface area contributed by atoms with E-state index in [0.29, 0.717) is 29.1 Å². The second kappa shape index (κ2) is 9.68. The highest BCUT2D eigenvalue weighted by atomic mass is 16.5. The van der Waals surface area contributed by atoms with E-state index in [-0.39, 0.29) is 0 Å². The third-order valence-corrected chi connectivity index (χ3v) is 6.98. The summed E-state index contributed by atoms with van der Waals surface area (Å²) in [6.07, 6.45) is 4.71.